The Hall–Kier alpha value is -3.75. The largest absolute Gasteiger partial charge is 0.493 e. The fourth-order valence-corrected chi connectivity index (χ4v) is 5.69. The Morgan fingerprint density at radius 1 is 0.438 bits per heavy atom. The van der Waals surface area contributed by atoms with Gasteiger partial charge in [0.2, 0.25) is 19.0 Å². The Labute approximate surface area is 289 Å². The molecular weight excluding hydrogens is 600 g/mol. The van der Waals surface area contributed by atoms with E-state index in [1.807, 2.05) is 18.2 Å². The molecule has 0 saturated carbocycles. The molecule has 0 radical (unpaired) electrons. The zero-order valence-electron chi connectivity index (χ0n) is 30.2. The molecule has 3 heterocycles. The first-order chi connectivity index (χ1) is 23.6. The summed E-state index contributed by atoms with van der Waals surface area (Å²) < 4.78 is 32.3. The molecule has 0 bridgehead atoms. The highest BCUT2D eigenvalue weighted by Gasteiger charge is 2.09. The molecule has 0 unspecified atom stereocenters. The normalized spacial score (nSPS) is 11.3. The number of nitrogens with zero attached hydrogens (tertiary/aromatic N) is 6. The van der Waals surface area contributed by atoms with Crippen molar-refractivity contribution in [3.63, 3.8) is 0 Å². The van der Waals surface area contributed by atoms with Crippen molar-refractivity contribution in [1.82, 2.24) is 13.7 Å². The predicted octanol–water partition coefficient (Wildman–Crippen LogP) is 6.93. The summed E-state index contributed by atoms with van der Waals surface area (Å²) in [5.41, 5.74) is 0. The number of benzene rings is 1. The van der Waals surface area contributed by atoms with Gasteiger partial charge in [0.05, 0.1) is 59.1 Å². The molecule has 9 heteroatoms. The SMILES string of the molecule is CCCCn1cc[n+](CCCCOc2cc(OCCCC[n+]3ccn(CCCC)c3)cc(OCCCC[n+]3ccn(CCCC)c3)c2)c1. The third-order valence-electron chi connectivity index (χ3n) is 8.64. The first kappa shape index (κ1) is 37.1. The Morgan fingerprint density at radius 2 is 0.750 bits per heavy atom. The molecule has 264 valence electrons. The molecule has 0 spiro atoms. The van der Waals surface area contributed by atoms with E-state index in [4.69, 9.17) is 14.2 Å². The zero-order valence-corrected chi connectivity index (χ0v) is 30.2. The van der Waals surface area contributed by atoms with Crippen molar-refractivity contribution in [3.05, 3.63) is 74.4 Å². The second-order valence-electron chi connectivity index (χ2n) is 13.0. The molecular formula is C39H63N6O3+3. The summed E-state index contributed by atoms with van der Waals surface area (Å²) in [4.78, 5) is 0. The van der Waals surface area contributed by atoms with Crippen molar-refractivity contribution in [1.29, 1.82) is 0 Å². The van der Waals surface area contributed by atoms with Crippen LogP contribution >= 0.6 is 0 Å². The lowest BCUT2D eigenvalue weighted by Gasteiger charge is -2.13. The molecule has 4 rings (SSSR count). The minimum Gasteiger partial charge on any atom is -0.493 e. The monoisotopic (exact) mass is 663 g/mol. The smallest absolute Gasteiger partial charge is 0.243 e. The summed E-state index contributed by atoms with van der Waals surface area (Å²) >= 11 is 0. The number of hydrogen-bond donors (Lipinski definition) is 0. The maximum Gasteiger partial charge on any atom is 0.243 e. The van der Waals surface area contributed by atoms with Crippen molar-refractivity contribution < 1.29 is 27.9 Å². The molecule has 1 aromatic carbocycles. The van der Waals surface area contributed by atoms with E-state index in [-0.39, 0.29) is 0 Å². The van der Waals surface area contributed by atoms with E-state index < -0.39 is 0 Å². The van der Waals surface area contributed by atoms with Crippen molar-refractivity contribution in [2.24, 2.45) is 0 Å². The average Bonchev–Trinajstić information content (AvgIpc) is 3.87. The summed E-state index contributed by atoms with van der Waals surface area (Å²) in [6.45, 7) is 15.0. The van der Waals surface area contributed by atoms with Gasteiger partial charge in [0.1, 0.15) is 54.4 Å². The Morgan fingerprint density at radius 3 is 1.04 bits per heavy atom. The highest BCUT2D eigenvalue weighted by atomic mass is 16.5. The topological polar surface area (TPSA) is 54.1 Å². The molecule has 0 saturated heterocycles. The van der Waals surface area contributed by atoms with Crippen LogP contribution in [0, 0.1) is 0 Å². The second kappa shape index (κ2) is 22.0. The van der Waals surface area contributed by atoms with Crippen molar-refractivity contribution in [2.75, 3.05) is 19.8 Å². The third kappa shape index (κ3) is 14.2. The number of rotatable bonds is 27. The van der Waals surface area contributed by atoms with E-state index in [9.17, 15) is 0 Å². The molecule has 0 fully saturated rings. The molecule has 0 aliphatic heterocycles. The number of unbranched alkanes of at least 4 members (excludes halogenated alkanes) is 6. The van der Waals surface area contributed by atoms with Gasteiger partial charge in [-0.25, -0.2) is 27.4 Å². The predicted molar refractivity (Wildman–Crippen MR) is 189 cm³/mol. The second-order valence-corrected chi connectivity index (χ2v) is 13.0. The van der Waals surface area contributed by atoms with Gasteiger partial charge in [-0.2, -0.15) is 0 Å². The first-order valence-corrected chi connectivity index (χ1v) is 18.8. The number of aromatic nitrogens is 6. The number of imidazole rings is 3. The van der Waals surface area contributed by atoms with Crippen LogP contribution in [0.4, 0.5) is 0 Å². The van der Waals surface area contributed by atoms with Gasteiger partial charge in [0, 0.05) is 18.2 Å². The maximum absolute atomic E-state index is 6.23. The van der Waals surface area contributed by atoms with Crippen LogP contribution in [0.1, 0.15) is 97.8 Å². The Bertz CT molecular complexity index is 1230. The molecule has 0 aliphatic rings. The third-order valence-corrected chi connectivity index (χ3v) is 8.64. The van der Waals surface area contributed by atoms with E-state index in [1.54, 1.807) is 0 Å². The van der Waals surface area contributed by atoms with Gasteiger partial charge in [0.15, 0.2) is 0 Å². The standard InChI is InChI=1S/C39H63N6O3/c1-4-7-16-40-22-25-43(34-40)19-10-13-28-46-37-31-38(47-29-14-11-20-44-26-23-41(35-44)17-8-5-2)33-39(32-37)48-30-15-12-21-45-27-24-42(36-45)18-9-6-3/h22-27,31-36H,4-21,28-30H2,1-3H3/q+3. The van der Waals surface area contributed by atoms with Crippen LogP contribution in [0.25, 0.3) is 0 Å². The fourth-order valence-electron chi connectivity index (χ4n) is 5.69. The number of hydrogen-bond acceptors (Lipinski definition) is 3. The molecule has 48 heavy (non-hydrogen) atoms. The summed E-state index contributed by atoms with van der Waals surface area (Å²) in [6.07, 6.45) is 33.2. The van der Waals surface area contributed by atoms with Crippen LogP contribution in [-0.4, -0.2) is 33.5 Å². The lowest BCUT2D eigenvalue weighted by molar-refractivity contribution is -0.697. The van der Waals surface area contributed by atoms with Crippen LogP contribution in [0.2, 0.25) is 0 Å². The number of aryl methyl sites for hydroxylation is 6. The lowest BCUT2D eigenvalue weighted by Crippen LogP contribution is -2.31. The van der Waals surface area contributed by atoms with Crippen LogP contribution in [0.5, 0.6) is 17.2 Å². The highest BCUT2D eigenvalue weighted by molar-refractivity contribution is 5.42. The molecule has 0 amide bonds. The van der Waals surface area contributed by atoms with Gasteiger partial charge < -0.3 is 14.2 Å². The molecule has 0 atom stereocenters. The van der Waals surface area contributed by atoms with Crippen LogP contribution in [0.3, 0.4) is 0 Å². The Kier molecular flexibility index (Phi) is 17.0. The van der Waals surface area contributed by atoms with E-state index in [1.165, 1.54) is 38.5 Å². The minimum absolute atomic E-state index is 0.671. The molecule has 9 nitrogen and oxygen atoms in total. The summed E-state index contributed by atoms with van der Waals surface area (Å²) in [7, 11) is 0. The summed E-state index contributed by atoms with van der Waals surface area (Å²) in [5, 5.41) is 0. The molecule has 4 aromatic rings. The molecule has 0 N–H and O–H groups in total. The zero-order chi connectivity index (χ0) is 33.7. The summed E-state index contributed by atoms with van der Waals surface area (Å²) in [6, 6.07) is 6.04. The van der Waals surface area contributed by atoms with E-state index in [2.05, 4.69) is 104 Å². The van der Waals surface area contributed by atoms with Crippen molar-refractivity contribution in [2.45, 2.75) is 137 Å². The van der Waals surface area contributed by atoms with Gasteiger partial charge in [0.25, 0.3) is 0 Å². The molecule has 3 aromatic heterocycles. The van der Waals surface area contributed by atoms with Gasteiger partial charge in [-0.3, -0.25) is 0 Å². The van der Waals surface area contributed by atoms with E-state index >= 15 is 0 Å². The van der Waals surface area contributed by atoms with Crippen LogP contribution < -0.4 is 27.9 Å². The van der Waals surface area contributed by atoms with Gasteiger partial charge in [-0.1, -0.05) is 40.0 Å². The van der Waals surface area contributed by atoms with E-state index in [0.717, 1.165) is 95.0 Å². The average molecular weight is 664 g/mol. The minimum atomic E-state index is 0.671. The Balaban J connectivity index is 1.21. The van der Waals surface area contributed by atoms with Gasteiger partial charge in [-0.05, 0) is 57.8 Å². The highest BCUT2D eigenvalue weighted by Crippen LogP contribution is 2.28. The quantitative estimate of drug-likeness (QED) is 0.0514. The molecule has 0 aliphatic carbocycles. The lowest BCUT2D eigenvalue weighted by atomic mass is 10.2. The van der Waals surface area contributed by atoms with E-state index in [0.29, 0.717) is 19.8 Å². The van der Waals surface area contributed by atoms with Crippen molar-refractivity contribution in [3.8, 4) is 17.2 Å². The first-order valence-electron chi connectivity index (χ1n) is 18.8. The summed E-state index contributed by atoms with van der Waals surface area (Å²) in [5.74, 6) is 2.44. The number of ether oxygens (including phenoxy) is 3. The van der Waals surface area contributed by atoms with Gasteiger partial charge in [-0.15, -0.1) is 0 Å². The van der Waals surface area contributed by atoms with Gasteiger partial charge >= 0.3 is 0 Å². The maximum atomic E-state index is 6.23. The fraction of sp³-hybridized carbons (Fsp3) is 0.615. The van der Waals surface area contributed by atoms with Crippen LogP contribution in [-0.2, 0) is 39.3 Å². The van der Waals surface area contributed by atoms with Crippen LogP contribution in [0.15, 0.2) is 74.4 Å². The van der Waals surface area contributed by atoms with Crippen molar-refractivity contribution >= 4 is 0 Å².